The Hall–Kier alpha value is -1.99. The Morgan fingerprint density at radius 3 is 2.64 bits per heavy atom. The molecular weight excluding hydrogens is 697 g/mol. The average Bonchev–Trinajstić information content (AvgIpc) is 3.29. The molecular formula is C38H53ClFN3O5S2. The Balaban J connectivity index is 1.46. The van der Waals surface area contributed by atoms with Crippen LogP contribution in [0.5, 0.6) is 5.75 Å². The Morgan fingerprint density at radius 2 is 1.90 bits per heavy atom. The van der Waals surface area contributed by atoms with Gasteiger partial charge in [-0.1, -0.05) is 61.6 Å². The van der Waals surface area contributed by atoms with Gasteiger partial charge in [0.2, 0.25) is 0 Å². The van der Waals surface area contributed by atoms with E-state index in [-0.39, 0.29) is 39.9 Å². The fourth-order valence-electron chi connectivity index (χ4n) is 7.29. The number of benzene rings is 2. The number of allylic oxidation sites excluding steroid dienone is 1. The van der Waals surface area contributed by atoms with E-state index in [1.807, 2.05) is 32.0 Å². The smallest absolute Gasteiger partial charge is 0.292 e. The van der Waals surface area contributed by atoms with Crippen LogP contribution >= 0.6 is 11.6 Å². The maximum atomic E-state index is 15.4. The lowest BCUT2D eigenvalue weighted by molar-refractivity contribution is 0.0213. The number of fused-ring (bicyclic) bond motifs is 1. The second kappa shape index (κ2) is 18.7. The van der Waals surface area contributed by atoms with E-state index in [2.05, 4.69) is 34.4 Å². The summed E-state index contributed by atoms with van der Waals surface area (Å²) >= 11 is 3.97. The normalized spacial score (nSPS) is 27.2. The highest BCUT2D eigenvalue weighted by Crippen LogP contribution is 2.38. The third-order valence-electron chi connectivity index (χ3n) is 10.4. The molecule has 5 unspecified atom stereocenters. The molecule has 0 saturated carbocycles. The van der Waals surface area contributed by atoms with Gasteiger partial charge in [0.25, 0.3) is 5.91 Å². The Morgan fingerprint density at radius 1 is 1.12 bits per heavy atom. The van der Waals surface area contributed by atoms with E-state index in [1.165, 1.54) is 0 Å². The van der Waals surface area contributed by atoms with Gasteiger partial charge in [0.1, 0.15) is 28.3 Å². The van der Waals surface area contributed by atoms with Crippen LogP contribution in [-0.2, 0) is 33.7 Å². The van der Waals surface area contributed by atoms with Crippen molar-refractivity contribution in [1.82, 2.24) is 9.62 Å². The average molecular weight is 750 g/mol. The molecule has 3 aliphatic heterocycles. The van der Waals surface area contributed by atoms with Crippen LogP contribution in [0.4, 0.5) is 10.1 Å². The Kier molecular flexibility index (Phi) is 14.6. The summed E-state index contributed by atoms with van der Waals surface area (Å²) in [7, 11) is 0. The van der Waals surface area contributed by atoms with E-state index in [0.717, 1.165) is 62.1 Å². The zero-order valence-corrected chi connectivity index (χ0v) is 32.3. The second-order valence-corrected chi connectivity index (χ2v) is 17.5. The zero-order valence-electron chi connectivity index (χ0n) is 29.9. The lowest BCUT2D eigenvalue weighted by Crippen LogP contribution is -2.42. The molecule has 2 aromatic rings. The number of amides is 1. The number of ether oxygens (including phenoxy) is 2. The molecule has 8 nitrogen and oxygen atoms in total. The molecule has 2 bridgehead atoms. The fourth-order valence-corrected chi connectivity index (χ4v) is 9.44. The van der Waals surface area contributed by atoms with Crippen molar-refractivity contribution in [2.45, 2.75) is 83.5 Å². The molecule has 1 N–H and O–H groups in total. The highest BCUT2D eigenvalue weighted by atomic mass is 35.5. The first-order chi connectivity index (χ1) is 24.1. The molecule has 0 aliphatic carbocycles. The first-order valence-corrected chi connectivity index (χ1v) is 21.2. The fraction of sp³-hybridized carbons (Fsp3) is 0.605. The van der Waals surface area contributed by atoms with Crippen LogP contribution in [0.1, 0.15) is 87.2 Å². The third-order valence-corrected chi connectivity index (χ3v) is 13.3. The summed E-state index contributed by atoms with van der Waals surface area (Å²) in [6.07, 6.45) is 6.59. The number of carbonyl (C=O) groups excluding carboxylic acids is 1. The molecule has 0 spiro atoms. The number of anilines is 1. The molecule has 3 aliphatic rings. The van der Waals surface area contributed by atoms with Crippen molar-refractivity contribution in [2.24, 2.45) is 5.92 Å². The standard InChI is InChI=1S/C38H53ClFN3O5S2/c1-5-8-32-31(12-13-33(39)36(32)40)30-24-43-16-15-28(6-2)37(47-20-17-42-18-21-49(45)22-19-42)26(3)9-7-10-27(4)50(46)41-38(44)29-11-14-35(48-25-30)34(43)23-29/h9,11-14,23,27-28,30,37H,5-8,10,15-22,24-25H2,1-4H3,(H,41,44)/b26-9+. The number of rotatable bonds is 8. The number of hydrogen-bond acceptors (Lipinski definition) is 7. The molecule has 1 saturated heterocycles. The van der Waals surface area contributed by atoms with Crippen LogP contribution in [0.25, 0.3) is 0 Å². The molecule has 50 heavy (non-hydrogen) atoms. The van der Waals surface area contributed by atoms with Gasteiger partial charge in [-0.3, -0.25) is 9.69 Å². The van der Waals surface area contributed by atoms with Crippen LogP contribution in [-0.4, -0.2) is 88.7 Å². The van der Waals surface area contributed by atoms with Crippen LogP contribution in [0.3, 0.4) is 0 Å². The van der Waals surface area contributed by atoms with Crippen LogP contribution < -0.4 is 14.4 Å². The predicted molar refractivity (Wildman–Crippen MR) is 203 cm³/mol. The summed E-state index contributed by atoms with van der Waals surface area (Å²) in [5.74, 6) is 1.40. The van der Waals surface area contributed by atoms with E-state index in [4.69, 9.17) is 21.1 Å². The molecule has 0 aromatic heterocycles. The van der Waals surface area contributed by atoms with Gasteiger partial charge in [-0.15, -0.1) is 0 Å². The lowest BCUT2D eigenvalue weighted by Gasteiger charge is -2.33. The van der Waals surface area contributed by atoms with Gasteiger partial charge < -0.3 is 23.5 Å². The van der Waals surface area contributed by atoms with Crippen molar-refractivity contribution >= 4 is 45.7 Å². The van der Waals surface area contributed by atoms with E-state index in [1.54, 1.807) is 12.1 Å². The summed E-state index contributed by atoms with van der Waals surface area (Å²) in [6, 6.07) is 8.93. The van der Waals surface area contributed by atoms with Gasteiger partial charge in [0.05, 0.1) is 41.4 Å². The van der Waals surface area contributed by atoms with Gasteiger partial charge in [-0.05, 0) is 80.0 Å². The van der Waals surface area contributed by atoms with E-state index in [9.17, 15) is 13.9 Å². The minimum Gasteiger partial charge on any atom is -0.616 e. The molecule has 0 radical (unpaired) electrons. The summed E-state index contributed by atoms with van der Waals surface area (Å²) in [5.41, 5.74) is 3.89. The molecule has 5 rings (SSSR count). The molecule has 5 atom stereocenters. The van der Waals surface area contributed by atoms with Gasteiger partial charge in [0, 0.05) is 50.6 Å². The lowest BCUT2D eigenvalue weighted by atomic mass is 9.89. The van der Waals surface area contributed by atoms with Gasteiger partial charge in [-0.25, -0.2) is 4.39 Å². The van der Waals surface area contributed by atoms with Crippen molar-refractivity contribution in [3.05, 3.63) is 69.5 Å². The molecule has 1 amide bonds. The monoisotopic (exact) mass is 749 g/mol. The molecule has 276 valence electrons. The Labute approximate surface area is 309 Å². The van der Waals surface area contributed by atoms with Crippen LogP contribution in [0.15, 0.2) is 42.0 Å². The summed E-state index contributed by atoms with van der Waals surface area (Å²) in [6.45, 7) is 12.9. The van der Waals surface area contributed by atoms with E-state index >= 15 is 4.39 Å². The molecule has 1 fully saturated rings. The van der Waals surface area contributed by atoms with E-state index < -0.39 is 22.5 Å². The number of carbonyl (C=O) groups is 1. The summed E-state index contributed by atoms with van der Waals surface area (Å²) in [5, 5.41) is -0.113. The van der Waals surface area contributed by atoms with Crippen molar-refractivity contribution in [1.29, 1.82) is 0 Å². The van der Waals surface area contributed by atoms with Crippen molar-refractivity contribution < 1.29 is 27.8 Å². The minimum absolute atomic E-state index is 0.0984. The van der Waals surface area contributed by atoms with Gasteiger partial charge in [-0.2, -0.15) is 4.72 Å². The maximum Gasteiger partial charge on any atom is 0.292 e. The van der Waals surface area contributed by atoms with Crippen molar-refractivity contribution in [2.75, 3.05) is 62.3 Å². The summed E-state index contributed by atoms with van der Waals surface area (Å²) < 4.78 is 56.4. The van der Waals surface area contributed by atoms with Crippen molar-refractivity contribution in [3.63, 3.8) is 0 Å². The van der Waals surface area contributed by atoms with Crippen molar-refractivity contribution in [3.8, 4) is 5.75 Å². The topological polar surface area (TPSA) is 100 Å². The van der Waals surface area contributed by atoms with Gasteiger partial charge in [0.15, 0.2) is 0 Å². The number of hydrogen-bond donors (Lipinski definition) is 1. The van der Waals surface area contributed by atoms with Crippen LogP contribution in [0.2, 0.25) is 5.02 Å². The largest absolute Gasteiger partial charge is 0.616 e. The van der Waals surface area contributed by atoms with E-state index in [0.29, 0.717) is 67.5 Å². The first kappa shape index (κ1) is 39.2. The highest BCUT2D eigenvalue weighted by Gasteiger charge is 2.31. The highest BCUT2D eigenvalue weighted by molar-refractivity contribution is 7.91. The zero-order chi connectivity index (χ0) is 35.8. The molecule has 3 heterocycles. The third kappa shape index (κ3) is 9.90. The minimum atomic E-state index is -1.56. The Bertz CT molecular complexity index is 1480. The predicted octanol–water partition coefficient (Wildman–Crippen LogP) is 6.80. The SMILES string of the molecule is CCCc1c(C2COc3ccc4cc3N(CCC(CC)C(OCCN3CC[S+]([O-])CC3)/C(C)=C/CCC(C)[S+]([O-])NC4=O)C2)ccc(Cl)c1F. The second-order valence-electron chi connectivity index (χ2n) is 13.8. The first-order valence-electron chi connectivity index (χ1n) is 18.1. The van der Waals surface area contributed by atoms with Gasteiger partial charge >= 0.3 is 0 Å². The number of nitrogens with zero attached hydrogens (tertiary/aromatic N) is 2. The molecule has 12 heteroatoms. The number of halogens is 2. The van der Waals surface area contributed by atoms with Crippen LogP contribution in [0, 0.1) is 11.7 Å². The number of nitrogens with one attached hydrogen (secondary N) is 1. The quantitative estimate of drug-likeness (QED) is 0.234. The maximum absolute atomic E-state index is 15.4. The molecule has 2 aromatic carbocycles. The summed E-state index contributed by atoms with van der Waals surface area (Å²) in [4.78, 5) is 18.0.